The van der Waals surface area contributed by atoms with Crippen molar-refractivity contribution in [2.24, 2.45) is 0 Å². The Kier molecular flexibility index (Phi) is 6.05. The maximum atomic E-state index is 15.3. The molecule has 5 rings (SSSR count). The van der Waals surface area contributed by atoms with Crippen molar-refractivity contribution in [1.82, 2.24) is 0 Å². The van der Waals surface area contributed by atoms with Crippen LogP contribution in [0.1, 0.15) is 11.1 Å². The van der Waals surface area contributed by atoms with E-state index in [0.717, 1.165) is 38.2 Å². The van der Waals surface area contributed by atoms with Gasteiger partial charge in [-0.15, -0.1) is 0 Å². The number of benzene rings is 5. The van der Waals surface area contributed by atoms with Crippen LogP contribution in [0.3, 0.4) is 0 Å². The number of aryl methyl sites for hydroxylation is 1. The molecular weight excluding hydrogens is 431 g/mol. The molecule has 0 saturated carbocycles. The molecular formula is C32H27OP. The molecule has 34 heavy (non-hydrogen) atoms. The molecule has 1 nitrogen and oxygen atoms in total. The number of hydrogen-bond acceptors (Lipinski definition) is 1. The molecule has 0 radical (unpaired) electrons. The van der Waals surface area contributed by atoms with Crippen molar-refractivity contribution in [2.75, 3.05) is 0 Å². The van der Waals surface area contributed by atoms with E-state index in [1.807, 2.05) is 78.9 Å². The lowest BCUT2D eigenvalue weighted by Gasteiger charge is -2.25. The Balaban J connectivity index is 1.86. The van der Waals surface area contributed by atoms with Crippen LogP contribution in [0.2, 0.25) is 0 Å². The molecule has 5 aromatic rings. The minimum atomic E-state index is -3.13. The molecule has 0 aliphatic heterocycles. The van der Waals surface area contributed by atoms with Crippen molar-refractivity contribution in [1.29, 1.82) is 0 Å². The summed E-state index contributed by atoms with van der Waals surface area (Å²) in [6.45, 7) is 4.31. The third kappa shape index (κ3) is 3.83. The minimum absolute atomic E-state index is 0.847. The zero-order valence-electron chi connectivity index (χ0n) is 19.5. The molecule has 0 spiro atoms. The van der Waals surface area contributed by atoms with E-state index in [1.165, 1.54) is 11.1 Å². The third-order valence-corrected chi connectivity index (χ3v) is 9.69. The summed E-state index contributed by atoms with van der Waals surface area (Å²) < 4.78 is 15.3. The van der Waals surface area contributed by atoms with Crippen LogP contribution in [-0.2, 0) is 4.57 Å². The van der Waals surface area contributed by atoms with Crippen molar-refractivity contribution >= 4 is 23.1 Å². The first-order valence-corrected chi connectivity index (χ1v) is 13.3. The van der Waals surface area contributed by atoms with Crippen LogP contribution in [0.15, 0.2) is 127 Å². The van der Waals surface area contributed by atoms with E-state index >= 15 is 4.57 Å². The Bertz CT molecular complexity index is 1430. The largest absolute Gasteiger partial charge is 0.309 e. The average molecular weight is 459 g/mol. The monoisotopic (exact) mass is 458 g/mol. The number of rotatable bonds is 5. The Morgan fingerprint density at radius 2 is 1.00 bits per heavy atom. The molecule has 0 aliphatic carbocycles. The highest BCUT2D eigenvalue weighted by atomic mass is 31.2. The van der Waals surface area contributed by atoms with Gasteiger partial charge in [-0.3, -0.25) is 0 Å². The summed E-state index contributed by atoms with van der Waals surface area (Å²) in [5.41, 5.74) is 6.92. The predicted molar refractivity (Wildman–Crippen MR) is 146 cm³/mol. The molecule has 5 aromatic carbocycles. The lowest BCUT2D eigenvalue weighted by molar-refractivity contribution is 0.592. The fourth-order valence-electron chi connectivity index (χ4n) is 4.68. The highest BCUT2D eigenvalue weighted by Gasteiger charge is 2.32. The van der Waals surface area contributed by atoms with Gasteiger partial charge in [0.2, 0.25) is 0 Å². The van der Waals surface area contributed by atoms with Gasteiger partial charge in [0.25, 0.3) is 0 Å². The van der Waals surface area contributed by atoms with E-state index < -0.39 is 7.14 Å². The molecule has 0 heterocycles. The molecule has 0 aliphatic rings. The molecule has 0 amide bonds. The SMILES string of the molecule is Cc1ccc(-c2ccccc2)c(-c2ccccc2P(=O)(c2ccccc2)c2ccccc2)c1C. The normalized spacial score (nSPS) is 11.4. The highest BCUT2D eigenvalue weighted by Crippen LogP contribution is 2.47. The van der Waals surface area contributed by atoms with Crippen molar-refractivity contribution in [3.05, 3.63) is 139 Å². The van der Waals surface area contributed by atoms with E-state index in [1.54, 1.807) is 0 Å². The second-order valence-electron chi connectivity index (χ2n) is 8.59. The summed E-state index contributed by atoms with van der Waals surface area (Å²) >= 11 is 0. The minimum Gasteiger partial charge on any atom is -0.309 e. The maximum Gasteiger partial charge on any atom is 0.171 e. The van der Waals surface area contributed by atoms with Crippen LogP contribution in [0.4, 0.5) is 0 Å². The molecule has 0 saturated heterocycles. The fraction of sp³-hybridized carbons (Fsp3) is 0.0625. The fourth-order valence-corrected chi connectivity index (χ4v) is 7.54. The van der Waals surface area contributed by atoms with Crippen LogP contribution in [0.25, 0.3) is 22.3 Å². The summed E-state index contributed by atoms with van der Waals surface area (Å²) in [6, 6.07) is 42.9. The van der Waals surface area contributed by atoms with E-state index in [4.69, 9.17) is 0 Å². The molecule has 0 unspecified atom stereocenters. The van der Waals surface area contributed by atoms with E-state index in [-0.39, 0.29) is 0 Å². The van der Waals surface area contributed by atoms with Gasteiger partial charge in [-0.25, -0.2) is 0 Å². The van der Waals surface area contributed by atoms with Gasteiger partial charge >= 0.3 is 0 Å². The standard InChI is InChI=1S/C32H27OP/c1-24-22-23-29(26-14-6-3-7-15-26)32(25(24)2)30-20-12-13-21-31(30)34(33,27-16-8-4-9-17-27)28-18-10-5-11-19-28/h3-23H,1-2H3. The molecule has 2 heteroatoms. The molecule has 0 atom stereocenters. The maximum absolute atomic E-state index is 15.3. The van der Waals surface area contributed by atoms with Crippen molar-refractivity contribution in [2.45, 2.75) is 13.8 Å². The van der Waals surface area contributed by atoms with Crippen molar-refractivity contribution < 1.29 is 4.57 Å². The highest BCUT2D eigenvalue weighted by molar-refractivity contribution is 7.85. The Hall–Kier alpha value is -3.67. The summed E-state index contributed by atoms with van der Waals surface area (Å²) in [5, 5.41) is 2.57. The average Bonchev–Trinajstić information content (AvgIpc) is 2.91. The first-order chi connectivity index (χ1) is 16.6. The molecule has 0 aromatic heterocycles. The zero-order valence-corrected chi connectivity index (χ0v) is 20.4. The Morgan fingerprint density at radius 1 is 0.500 bits per heavy atom. The van der Waals surface area contributed by atoms with Gasteiger partial charge in [-0.1, -0.05) is 127 Å². The van der Waals surface area contributed by atoms with Crippen LogP contribution in [0, 0.1) is 13.8 Å². The zero-order chi connectivity index (χ0) is 23.5. The topological polar surface area (TPSA) is 17.1 Å². The first-order valence-electron chi connectivity index (χ1n) is 11.6. The summed E-state index contributed by atoms with van der Waals surface area (Å²) in [5.74, 6) is 0. The van der Waals surface area contributed by atoms with Gasteiger partial charge in [-0.05, 0) is 47.2 Å². The molecule has 0 bridgehead atoms. The summed E-state index contributed by atoms with van der Waals surface area (Å²) in [7, 11) is -3.13. The lowest BCUT2D eigenvalue weighted by Crippen LogP contribution is -2.26. The predicted octanol–water partition coefficient (Wildman–Crippen LogP) is 7.28. The van der Waals surface area contributed by atoms with Crippen LogP contribution in [0.5, 0.6) is 0 Å². The van der Waals surface area contributed by atoms with Gasteiger partial charge in [0, 0.05) is 15.9 Å². The van der Waals surface area contributed by atoms with Crippen molar-refractivity contribution in [3.63, 3.8) is 0 Å². The van der Waals surface area contributed by atoms with E-state index in [0.29, 0.717) is 0 Å². The summed E-state index contributed by atoms with van der Waals surface area (Å²) in [4.78, 5) is 0. The Morgan fingerprint density at radius 3 is 1.59 bits per heavy atom. The molecule has 0 N–H and O–H groups in total. The van der Waals surface area contributed by atoms with Gasteiger partial charge in [0.15, 0.2) is 7.14 Å². The van der Waals surface area contributed by atoms with Crippen LogP contribution in [-0.4, -0.2) is 0 Å². The van der Waals surface area contributed by atoms with Gasteiger partial charge in [0.1, 0.15) is 0 Å². The summed E-state index contributed by atoms with van der Waals surface area (Å²) in [6.07, 6.45) is 0. The molecule has 0 fully saturated rings. The van der Waals surface area contributed by atoms with E-state index in [9.17, 15) is 0 Å². The van der Waals surface area contributed by atoms with E-state index in [2.05, 4.69) is 62.4 Å². The first kappa shape index (κ1) is 22.1. The lowest BCUT2D eigenvalue weighted by atomic mass is 9.89. The second-order valence-corrected chi connectivity index (χ2v) is 11.3. The van der Waals surface area contributed by atoms with Gasteiger partial charge < -0.3 is 4.57 Å². The Labute approximate surface area is 202 Å². The van der Waals surface area contributed by atoms with Crippen LogP contribution >= 0.6 is 7.14 Å². The smallest absolute Gasteiger partial charge is 0.171 e. The quantitative estimate of drug-likeness (QED) is 0.253. The number of hydrogen-bond donors (Lipinski definition) is 0. The third-order valence-electron chi connectivity index (χ3n) is 6.57. The van der Waals surface area contributed by atoms with Gasteiger partial charge in [0.05, 0.1) is 0 Å². The second kappa shape index (κ2) is 9.29. The van der Waals surface area contributed by atoms with Crippen LogP contribution < -0.4 is 15.9 Å². The van der Waals surface area contributed by atoms with Crippen molar-refractivity contribution in [3.8, 4) is 22.3 Å². The van der Waals surface area contributed by atoms with Gasteiger partial charge in [-0.2, -0.15) is 0 Å². The molecule has 166 valence electrons.